The third kappa shape index (κ3) is 3.61. The van der Waals surface area contributed by atoms with Gasteiger partial charge in [-0.15, -0.1) is 11.8 Å². The molecule has 0 heterocycles. The number of halogens is 1. The first kappa shape index (κ1) is 14.2. The Balaban J connectivity index is 2.13. The molecule has 2 rings (SSSR count). The highest BCUT2D eigenvalue weighted by Gasteiger charge is 2.06. The van der Waals surface area contributed by atoms with E-state index in [1.165, 1.54) is 0 Å². The SMILES string of the molecule is CSc1ccc(C(=O)Nc2ccc(C)c(Br)c2)cc1. The predicted molar refractivity (Wildman–Crippen MR) is 85.1 cm³/mol. The van der Waals surface area contributed by atoms with Crippen LogP contribution in [0.2, 0.25) is 0 Å². The number of rotatable bonds is 3. The largest absolute Gasteiger partial charge is 0.322 e. The zero-order valence-corrected chi connectivity index (χ0v) is 13.1. The van der Waals surface area contributed by atoms with Crippen LogP contribution in [0, 0.1) is 6.92 Å². The number of nitrogens with one attached hydrogen (secondary N) is 1. The number of hydrogen-bond donors (Lipinski definition) is 1. The van der Waals surface area contributed by atoms with Crippen LogP contribution in [-0.4, -0.2) is 12.2 Å². The number of anilines is 1. The second-order valence-corrected chi connectivity index (χ2v) is 5.88. The molecule has 0 aromatic heterocycles. The minimum absolute atomic E-state index is 0.0941. The molecule has 2 nitrogen and oxygen atoms in total. The molecule has 0 fully saturated rings. The smallest absolute Gasteiger partial charge is 0.255 e. The van der Waals surface area contributed by atoms with Gasteiger partial charge in [0.1, 0.15) is 0 Å². The molecule has 0 aliphatic carbocycles. The van der Waals surface area contributed by atoms with Gasteiger partial charge in [-0.05, 0) is 55.1 Å². The summed E-state index contributed by atoms with van der Waals surface area (Å²) in [5.41, 5.74) is 2.59. The van der Waals surface area contributed by atoms with Crippen molar-refractivity contribution in [1.29, 1.82) is 0 Å². The van der Waals surface area contributed by atoms with Crippen LogP contribution in [-0.2, 0) is 0 Å². The number of aryl methyl sites for hydroxylation is 1. The Morgan fingerprint density at radius 2 is 1.84 bits per heavy atom. The molecule has 0 aliphatic rings. The molecule has 98 valence electrons. The van der Waals surface area contributed by atoms with E-state index in [4.69, 9.17) is 0 Å². The van der Waals surface area contributed by atoms with Crippen molar-refractivity contribution in [3.8, 4) is 0 Å². The first-order valence-corrected chi connectivity index (χ1v) is 7.83. The standard InChI is InChI=1S/C15H14BrNOS/c1-10-3-6-12(9-14(10)16)17-15(18)11-4-7-13(19-2)8-5-11/h3-9H,1-2H3,(H,17,18). The van der Waals surface area contributed by atoms with Crippen LogP contribution < -0.4 is 5.32 Å². The molecule has 2 aromatic rings. The van der Waals surface area contributed by atoms with Crippen molar-refractivity contribution in [2.45, 2.75) is 11.8 Å². The Kier molecular flexibility index (Phi) is 4.66. The maximum atomic E-state index is 12.1. The van der Waals surface area contributed by atoms with Gasteiger partial charge in [0.25, 0.3) is 5.91 Å². The van der Waals surface area contributed by atoms with Crippen LogP contribution >= 0.6 is 27.7 Å². The van der Waals surface area contributed by atoms with Crippen molar-refractivity contribution in [2.24, 2.45) is 0 Å². The zero-order chi connectivity index (χ0) is 13.8. The highest BCUT2D eigenvalue weighted by atomic mass is 79.9. The van der Waals surface area contributed by atoms with Crippen LogP contribution in [0.5, 0.6) is 0 Å². The van der Waals surface area contributed by atoms with E-state index in [2.05, 4.69) is 21.2 Å². The fraction of sp³-hybridized carbons (Fsp3) is 0.133. The van der Waals surface area contributed by atoms with Gasteiger partial charge in [-0.2, -0.15) is 0 Å². The van der Waals surface area contributed by atoms with E-state index < -0.39 is 0 Å². The molecule has 1 amide bonds. The second-order valence-electron chi connectivity index (χ2n) is 4.15. The lowest BCUT2D eigenvalue weighted by molar-refractivity contribution is 0.102. The van der Waals surface area contributed by atoms with Gasteiger partial charge in [0.05, 0.1) is 0 Å². The van der Waals surface area contributed by atoms with Gasteiger partial charge in [-0.1, -0.05) is 22.0 Å². The Labute approximate surface area is 125 Å². The lowest BCUT2D eigenvalue weighted by atomic mass is 10.2. The van der Waals surface area contributed by atoms with E-state index in [0.717, 1.165) is 20.6 Å². The first-order chi connectivity index (χ1) is 9.10. The lowest BCUT2D eigenvalue weighted by Crippen LogP contribution is -2.11. The monoisotopic (exact) mass is 335 g/mol. The Bertz CT molecular complexity index is 596. The molecule has 0 bridgehead atoms. The Morgan fingerprint density at radius 3 is 2.42 bits per heavy atom. The van der Waals surface area contributed by atoms with Gasteiger partial charge < -0.3 is 5.32 Å². The summed E-state index contributed by atoms with van der Waals surface area (Å²) in [6.45, 7) is 2.01. The number of hydrogen-bond acceptors (Lipinski definition) is 2. The van der Waals surface area contributed by atoms with E-state index in [-0.39, 0.29) is 5.91 Å². The highest BCUT2D eigenvalue weighted by Crippen LogP contribution is 2.21. The van der Waals surface area contributed by atoms with Crippen molar-refractivity contribution in [1.82, 2.24) is 0 Å². The van der Waals surface area contributed by atoms with Crippen molar-refractivity contribution in [2.75, 3.05) is 11.6 Å². The van der Waals surface area contributed by atoms with E-state index in [1.54, 1.807) is 11.8 Å². The van der Waals surface area contributed by atoms with Gasteiger partial charge in [0, 0.05) is 20.6 Å². The maximum absolute atomic E-state index is 12.1. The molecule has 19 heavy (non-hydrogen) atoms. The highest BCUT2D eigenvalue weighted by molar-refractivity contribution is 9.10. The number of carbonyl (C=O) groups is 1. The number of carbonyl (C=O) groups excluding carboxylic acids is 1. The Morgan fingerprint density at radius 1 is 1.16 bits per heavy atom. The first-order valence-electron chi connectivity index (χ1n) is 5.81. The van der Waals surface area contributed by atoms with Gasteiger partial charge in [-0.25, -0.2) is 0 Å². The fourth-order valence-electron chi connectivity index (χ4n) is 1.62. The van der Waals surface area contributed by atoms with Gasteiger partial charge in [0.2, 0.25) is 0 Å². The third-order valence-electron chi connectivity index (χ3n) is 2.78. The molecule has 0 aliphatic heterocycles. The van der Waals surface area contributed by atoms with E-state index in [1.807, 2.05) is 55.6 Å². The summed E-state index contributed by atoms with van der Waals surface area (Å²) in [6.07, 6.45) is 2.01. The van der Waals surface area contributed by atoms with Crippen LogP contribution in [0.4, 0.5) is 5.69 Å². The molecular formula is C15H14BrNOS. The van der Waals surface area contributed by atoms with Crippen LogP contribution in [0.15, 0.2) is 51.8 Å². The topological polar surface area (TPSA) is 29.1 Å². The second kappa shape index (κ2) is 6.26. The molecule has 0 saturated heterocycles. The lowest BCUT2D eigenvalue weighted by Gasteiger charge is -2.07. The van der Waals surface area contributed by atoms with Crippen molar-refractivity contribution in [3.63, 3.8) is 0 Å². The van der Waals surface area contributed by atoms with Crippen LogP contribution in [0.1, 0.15) is 15.9 Å². The van der Waals surface area contributed by atoms with Crippen LogP contribution in [0.3, 0.4) is 0 Å². The number of amides is 1. The quantitative estimate of drug-likeness (QED) is 0.821. The number of thioether (sulfide) groups is 1. The van der Waals surface area contributed by atoms with E-state index in [9.17, 15) is 4.79 Å². The molecule has 0 unspecified atom stereocenters. The average Bonchev–Trinajstić information content (AvgIpc) is 2.43. The minimum atomic E-state index is -0.0941. The van der Waals surface area contributed by atoms with E-state index >= 15 is 0 Å². The van der Waals surface area contributed by atoms with Crippen molar-refractivity contribution in [3.05, 3.63) is 58.1 Å². The molecule has 4 heteroatoms. The molecule has 0 saturated carbocycles. The normalized spacial score (nSPS) is 10.3. The Hall–Kier alpha value is -1.26. The molecule has 1 N–H and O–H groups in total. The summed E-state index contributed by atoms with van der Waals surface area (Å²) >= 11 is 5.12. The number of benzene rings is 2. The third-order valence-corrected chi connectivity index (χ3v) is 4.38. The summed E-state index contributed by atoms with van der Waals surface area (Å²) in [5.74, 6) is -0.0941. The minimum Gasteiger partial charge on any atom is -0.322 e. The van der Waals surface area contributed by atoms with Crippen molar-refractivity contribution < 1.29 is 4.79 Å². The summed E-state index contributed by atoms with van der Waals surface area (Å²) in [6, 6.07) is 13.3. The summed E-state index contributed by atoms with van der Waals surface area (Å²) in [4.78, 5) is 13.2. The van der Waals surface area contributed by atoms with Gasteiger partial charge >= 0.3 is 0 Å². The molecule has 0 atom stereocenters. The molecule has 0 spiro atoms. The van der Waals surface area contributed by atoms with Gasteiger partial charge in [-0.3, -0.25) is 4.79 Å². The molecular weight excluding hydrogens is 322 g/mol. The summed E-state index contributed by atoms with van der Waals surface area (Å²) < 4.78 is 0.989. The average molecular weight is 336 g/mol. The maximum Gasteiger partial charge on any atom is 0.255 e. The predicted octanol–water partition coefficient (Wildman–Crippen LogP) is 4.73. The summed E-state index contributed by atoms with van der Waals surface area (Å²) in [7, 11) is 0. The summed E-state index contributed by atoms with van der Waals surface area (Å²) in [5, 5.41) is 2.89. The molecule has 2 aromatic carbocycles. The van der Waals surface area contributed by atoms with E-state index in [0.29, 0.717) is 5.56 Å². The van der Waals surface area contributed by atoms with Crippen molar-refractivity contribution >= 4 is 39.3 Å². The van der Waals surface area contributed by atoms with Gasteiger partial charge in [0.15, 0.2) is 0 Å². The van der Waals surface area contributed by atoms with Crippen LogP contribution in [0.25, 0.3) is 0 Å². The zero-order valence-electron chi connectivity index (χ0n) is 10.7. The fourth-order valence-corrected chi connectivity index (χ4v) is 2.40. The molecule has 0 radical (unpaired) electrons.